The Morgan fingerprint density at radius 3 is 2.36 bits per heavy atom. The number of hydrogen-bond donors (Lipinski definition) is 2. The standard InChI is InChI=1S/C18H25NO3/c1-17(2,16(21)22)12-15(20)19-13-18(9-6-10-18)11-14-7-4-3-5-8-14/h3-5,7-8H,6,9-13H2,1-2H3,(H,19,20)(H,21,22). The first-order valence-corrected chi connectivity index (χ1v) is 7.87. The van der Waals surface area contributed by atoms with Gasteiger partial charge in [-0.2, -0.15) is 0 Å². The highest BCUT2D eigenvalue weighted by molar-refractivity contribution is 5.84. The molecule has 1 aliphatic carbocycles. The summed E-state index contributed by atoms with van der Waals surface area (Å²) in [4.78, 5) is 23.1. The van der Waals surface area contributed by atoms with Gasteiger partial charge in [-0.25, -0.2) is 0 Å². The second kappa shape index (κ2) is 6.51. The second-order valence-corrected chi connectivity index (χ2v) is 7.16. The molecule has 1 aromatic rings. The molecule has 1 aliphatic rings. The number of rotatable bonds is 7. The predicted octanol–water partition coefficient (Wildman–Crippen LogP) is 3.02. The van der Waals surface area contributed by atoms with Gasteiger partial charge in [0.15, 0.2) is 0 Å². The first-order valence-electron chi connectivity index (χ1n) is 7.87. The van der Waals surface area contributed by atoms with Crippen LogP contribution < -0.4 is 5.32 Å². The van der Waals surface area contributed by atoms with Crippen LogP contribution in [0.3, 0.4) is 0 Å². The largest absolute Gasteiger partial charge is 0.481 e. The molecule has 22 heavy (non-hydrogen) atoms. The number of carboxylic acids is 1. The smallest absolute Gasteiger partial charge is 0.309 e. The molecule has 120 valence electrons. The molecule has 0 bridgehead atoms. The van der Waals surface area contributed by atoms with E-state index in [4.69, 9.17) is 5.11 Å². The lowest BCUT2D eigenvalue weighted by molar-refractivity contribution is -0.149. The quantitative estimate of drug-likeness (QED) is 0.813. The third kappa shape index (κ3) is 4.09. The Labute approximate surface area is 131 Å². The number of hydrogen-bond acceptors (Lipinski definition) is 2. The van der Waals surface area contributed by atoms with Crippen LogP contribution >= 0.6 is 0 Å². The van der Waals surface area contributed by atoms with E-state index in [9.17, 15) is 9.59 Å². The lowest BCUT2D eigenvalue weighted by atomic mass is 9.65. The molecule has 0 radical (unpaired) electrons. The average molecular weight is 303 g/mol. The SMILES string of the molecule is CC(C)(CC(=O)NCC1(Cc2ccccc2)CCC1)C(=O)O. The minimum atomic E-state index is -1.02. The molecule has 4 nitrogen and oxygen atoms in total. The summed E-state index contributed by atoms with van der Waals surface area (Å²) in [6.45, 7) is 3.80. The van der Waals surface area contributed by atoms with Crippen LogP contribution in [-0.2, 0) is 16.0 Å². The lowest BCUT2D eigenvalue weighted by Crippen LogP contribution is -2.44. The maximum atomic E-state index is 12.0. The van der Waals surface area contributed by atoms with E-state index in [0.29, 0.717) is 6.54 Å². The van der Waals surface area contributed by atoms with Crippen LogP contribution in [0.2, 0.25) is 0 Å². The van der Waals surface area contributed by atoms with Crippen molar-refractivity contribution in [2.75, 3.05) is 6.54 Å². The predicted molar refractivity (Wildman–Crippen MR) is 85.5 cm³/mol. The van der Waals surface area contributed by atoms with Crippen molar-refractivity contribution in [3.05, 3.63) is 35.9 Å². The number of benzene rings is 1. The molecule has 1 amide bonds. The van der Waals surface area contributed by atoms with Gasteiger partial charge in [-0.3, -0.25) is 9.59 Å². The fraction of sp³-hybridized carbons (Fsp3) is 0.556. The summed E-state index contributed by atoms with van der Waals surface area (Å²) in [6.07, 6.45) is 4.42. The summed E-state index contributed by atoms with van der Waals surface area (Å²) in [5.74, 6) is -1.11. The maximum absolute atomic E-state index is 12.0. The summed E-state index contributed by atoms with van der Waals surface area (Å²) in [5, 5.41) is 12.0. The van der Waals surface area contributed by atoms with E-state index >= 15 is 0 Å². The van der Waals surface area contributed by atoms with Crippen molar-refractivity contribution in [1.29, 1.82) is 0 Å². The molecule has 1 fully saturated rings. The van der Waals surface area contributed by atoms with Gasteiger partial charge in [-0.15, -0.1) is 0 Å². The number of nitrogens with one attached hydrogen (secondary N) is 1. The number of aliphatic carboxylic acids is 1. The van der Waals surface area contributed by atoms with E-state index < -0.39 is 11.4 Å². The molecular formula is C18H25NO3. The minimum absolute atomic E-state index is 0.0176. The van der Waals surface area contributed by atoms with Crippen molar-refractivity contribution < 1.29 is 14.7 Å². The Morgan fingerprint density at radius 2 is 1.86 bits per heavy atom. The number of carbonyl (C=O) groups is 2. The van der Waals surface area contributed by atoms with Gasteiger partial charge in [0.05, 0.1) is 5.41 Å². The monoisotopic (exact) mass is 303 g/mol. The van der Waals surface area contributed by atoms with Crippen molar-refractivity contribution in [3.8, 4) is 0 Å². The van der Waals surface area contributed by atoms with Crippen molar-refractivity contribution in [1.82, 2.24) is 5.32 Å². The van der Waals surface area contributed by atoms with Crippen LogP contribution in [0.25, 0.3) is 0 Å². The van der Waals surface area contributed by atoms with E-state index in [0.717, 1.165) is 19.3 Å². The lowest BCUT2D eigenvalue weighted by Gasteiger charge is -2.42. The Kier molecular flexibility index (Phi) is 4.89. The molecule has 0 saturated heterocycles. The highest BCUT2D eigenvalue weighted by Crippen LogP contribution is 2.43. The zero-order chi connectivity index (χ0) is 16.2. The summed E-state index contributed by atoms with van der Waals surface area (Å²) in [7, 11) is 0. The van der Waals surface area contributed by atoms with Gasteiger partial charge in [0.1, 0.15) is 0 Å². The van der Waals surface area contributed by atoms with Crippen LogP contribution in [0, 0.1) is 10.8 Å². The minimum Gasteiger partial charge on any atom is -0.481 e. The first-order chi connectivity index (χ1) is 10.3. The van der Waals surface area contributed by atoms with E-state index in [1.165, 1.54) is 12.0 Å². The topological polar surface area (TPSA) is 66.4 Å². The molecule has 2 N–H and O–H groups in total. The Hall–Kier alpha value is -1.84. The first kappa shape index (κ1) is 16.5. The zero-order valence-electron chi connectivity index (χ0n) is 13.4. The normalized spacial score (nSPS) is 16.6. The van der Waals surface area contributed by atoms with E-state index in [1.807, 2.05) is 18.2 Å². The third-order valence-electron chi connectivity index (χ3n) is 4.68. The van der Waals surface area contributed by atoms with Gasteiger partial charge in [0.2, 0.25) is 5.91 Å². The van der Waals surface area contributed by atoms with Crippen molar-refractivity contribution in [2.24, 2.45) is 10.8 Å². The van der Waals surface area contributed by atoms with Crippen LogP contribution in [-0.4, -0.2) is 23.5 Å². The Balaban J connectivity index is 1.88. The molecule has 0 unspecified atom stereocenters. The van der Waals surface area contributed by atoms with Gasteiger partial charge in [0, 0.05) is 13.0 Å². The van der Waals surface area contributed by atoms with E-state index in [1.54, 1.807) is 13.8 Å². The number of carboxylic acid groups (broad SMARTS) is 1. The average Bonchev–Trinajstić information content (AvgIpc) is 2.42. The zero-order valence-corrected chi connectivity index (χ0v) is 13.4. The van der Waals surface area contributed by atoms with Crippen LogP contribution in [0.15, 0.2) is 30.3 Å². The molecule has 0 atom stereocenters. The van der Waals surface area contributed by atoms with Gasteiger partial charge in [-0.1, -0.05) is 36.8 Å². The van der Waals surface area contributed by atoms with Gasteiger partial charge in [0.25, 0.3) is 0 Å². The number of carbonyl (C=O) groups excluding carboxylic acids is 1. The Bertz CT molecular complexity index is 533. The fourth-order valence-electron chi connectivity index (χ4n) is 2.95. The highest BCUT2D eigenvalue weighted by atomic mass is 16.4. The van der Waals surface area contributed by atoms with Gasteiger partial charge in [-0.05, 0) is 44.1 Å². The Morgan fingerprint density at radius 1 is 1.23 bits per heavy atom. The van der Waals surface area contributed by atoms with Crippen LogP contribution in [0.1, 0.15) is 45.1 Å². The fourth-order valence-corrected chi connectivity index (χ4v) is 2.95. The molecule has 0 aromatic heterocycles. The molecule has 0 heterocycles. The summed E-state index contributed by atoms with van der Waals surface area (Å²) in [5.41, 5.74) is 0.419. The molecule has 2 rings (SSSR count). The molecular weight excluding hydrogens is 278 g/mol. The molecule has 0 aliphatic heterocycles. The molecule has 0 spiro atoms. The van der Waals surface area contributed by atoms with E-state index in [2.05, 4.69) is 17.4 Å². The summed E-state index contributed by atoms with van der Waals surface area (Å²) >= 11 is 0. The highest BCUT2D eigenvalue weighted by Gasteiger charge is 2.38. The molecule has 1 aromatic carbocycles. The van der Waals surface area contributed by atoms with Crippen molar-refractivity contribution in [2.45, 2.75) is 46.0 Å². The van der Waals surface area contributed by atoms with Crippen LogP contribution in [0.4, 0.5) is 0 Å². The summed E-state index contributed by atoms with van der Waals surface area (Å²) < 4.78 is 0. The van der Waals surface area contributed by atoms with Crippen LogP contribution in [0.5, 0.6) is 0 Å². The molecule has 4 heteroatoms. The van der Waals surface area contributed by atoms with Gasteiger partial charge >= 0.3 is 5.97 Å². The third-order valence-corrected chi connectivity index (χ3v) is 4.68. The van der Waals surface area contributed by atoms with Crippen molar-refractivity contribution in [3.63, 3.8) is 0 Å². The molecule has 1 saturated carbocycles. The maximum Gasteiger partial charge on any atom is 0.309 e. The summed E-state index contributed by atoms with van der Waals surface area (Å²) in [6, 6.07) is 10.3. The second-order valence-electron chi connectivity index (χ2n) is 7.16. The number of amides is 1. The van der Waals surface area contributed by atoms with Gasteiger partial charge < -0.3 is 10.4 Å². The van der Waals surface area contributed by atoms with Crippen molar-refractivity contribution >= 4 is 11.9 Å². The van der Waals surface area contributed by atoms with E-state index in [-0.39, 0.29) is 17.7 Å².